The van der Waals surface area contributed by atoms with Gasteiger partial charge < -0.3 is 10.2 Å². The summed E-state index contributed by atoms with van der Waals surface area (Å²) in [5, 5.41) is 2.81. The van der Waals surface area contributed by atoms with Crippen LogP contribution in [0.1, 0.15) is 32.6 Å². The molecule has 2 atom stereocenters. The summed E-state index contributed by atoms with van der Waals surface area (Å²) in [6.45, 7) is 2.23. The monoisotopic (exact) mass is 302 g/mol. The Morgan fingerprint density at radius 2 is 1.95 bits per heavy atom. The molecule has 114 valence electrons. The van der Waals surface area contributed by atoms with E-state index in [0.717, 1.165) is 12.8 Å². The molecule has 0 aromatic carbocycles. The summed E-state index contributed by atoms with van der Waals surface area (Å²) in [4.78, 5) is 25.9. The number of hydrogen-bond donors (Lipinski definition) is 1. The highest BCUT2D eigenvalue weighted by Crippen LogP contribution is 2.34. The van der Waals surface area contributed by atoms with Gasteiger partial charge in [-0.1, -0.05) is 0 Å². The van der Waals surface area contributed by atoms with Crippen LogP contribution in [-0.4, -0.2) is 55.8 Å². The van der Waals surface area contributed by atoms with Crippen molar-refractivity contribution in [3.63, 3.8) is 0 Å². The normalized spacial score (nSPS) is 28.2. The molecule has 2 fully saturated rings. The van der Waals surface area contributed by atoms with Crippen LogP contribution in [0.4, 0.5) is 0 Å². The van der Waals surface area contributed by atoms with E-state index in [0.29, 0.717) is 13.0 Å². The van der Waals surface area contributed by atoms with Gasteiger partial charge in [-0.2, -0.15) is 0 Å². The number of amides is 2. The summed E-state index contributed by atoms with van der Waals surface area (Å²) in [6.07, 6.45) is 3.84. The van der Waals surface area contributed by atoms with E-state index < -0.39 is 15.9 Å². The third-order valence-corrected chi connectivity index (χ3v) is 4.92. The van der Waals surface area contributed by atoms with E-state index in [1.54, 1.807) is 4.90 Å². The van der Waals surface area contributed by atoms with Gasteiger partial charge in [0.05, 0.1) is 5.75 Å². The molecule has 0 aromatic heterocycles. The van der Waals surface area contributed by atoms with E-state index in [4.69, 9.17) is 0 Å². The van der Waals surface area contributed by atoms with Crippen LogP contribution in [0.2, 0.25) is 0 Å². The molecular formula is C13H22N2O4S. The fourth-order valence-corrected chi connectivity index (χ4v) is 3.30. The van der Waals surface area contributed by atoms with Gasteiger partial charge in [-0.05, 0) is 32.1 Å². The second-order valence-electron chi connectivity index (χ2n) is 5.95. The second-order valence-corrected chi connectivity index (χ2v) is 8.21. The predicted octanol–water partition coefficient (Wildman–Crippen LogP) is -0.0633. The van der Waals surface area contributed by atoms with Crippen molar-refractivity contribution in [2.24, 2.45) is 5.92 Å². The molecule has 2 rings (SSSR count). The molecule has 2 unspecified atom stereocenters. The first kappa shape index (κ1) is 15.3. The number of nitrogens with zero attached hydrogens (tertiary/aromatic N) is 1. The molecule has 20 heavy (non-hydrogen) atoms. The molecule has 0 bridgehead atoms. The van der Waals surface area contributed by atoms with Crippen LogP contribution >= 0.6 is 0 Å². The molecule has 1 N–H and O–H groups in total. The molecule has 1 aliphatic heterocycles. The maximum atomic E-state index is 12.5. The number of sulfone groups is 1. The van der Waals surface area contributed by atoms with Crippen molar-refractivity contribution >= 4 is 21.7 Å². The van der Waals surface area contributed by atoms with Crippen LogP contribution in [-0.2, 0) is 19.4 Å². The minimum atomic E-state index is -3.02. The van der Waals surface area contributed by atoms with Gasteiger partial charge in [0.15, 0.2) is 0 Å². The first-order valence-corrected chi connectivity index (χ1v) is 9.11. The maximum absolute atomic E-state index is 12.5. The molecule has 2 aliphatic rings. The largest absolute Gasteiger partial charge is 0.344 e. The van der Waals surface area contributed by atoms with E-state index in [9.17, 15) is 18.0 Å². The zero-order chi connectivity index (χ0) is 14.9. The molecule has 0 spiro atoms. The highest BCUT2D eigenvalue weighted by atomic mass is 32.2. The van der Waals surface area contributed by atoms with E-state index in [1.807, 2.05) is 6.92 Å². The third kappa shape index (κ3) is 3.94. The summed E-state index contributed by atoms with van der Waals surface area (Å²) in [7, 11) is -3.02. The van der Waals surface area contributed by atoms with Crippen LogP contribution in [0.3, 0.4) is 0 Å². The van der Waals surface area contributed by atoms with Crippen molar-refractivity contribution in [1.29, 1.82) is 0 Å². The number of rotatable bonds is 5. The van der Waals surface area contributed by atoms with Crippen molar-refractivity contribution in [2.75, 3.05) is 18.6 Å². The molecule has 1 heterocycles. The lowest BCUT2D eigenvalue weighted by Crippen LogP contribution is -2.48. The fourth-order valence-electron chi connectivity index (χ4n) is 2.65. The molecule has 0 radical (unpaired) electrons. The van der Waals surface area contributed by atoms with Gasteiger partial charge in [0.1, 0.15) is 15.9 Å². The van der Waals surface area contributed by atoms with Crippen LogP contribution in [0.15, 0.2) is 0 Å². The fraction of sp³-hybridized carbons (Fsp3) is 0.846. The Balaban J connectivity index is 2.03. The van der Waals surface area contributed by atoms with Gasteiger partial charge in [-0.3, -0.25) is 9.59 Å². The highest BCUT2D eigenvalue weighted by Gasteiger charge is 2.42. The van der Waals surface area contributed by atoms with E-state index in [1.165, 1.54) is 6.26 Å². The number of hydrogen-bond acceptors (Lipinski definition) is 4. The van der Waals surface area contributed by atoms with Gasteiger partial charge in [-0.15, -0.1) is 0 Å². The molecule has 2 amide bonds. The molecular weight excluding hydrogens is 280 g/mol. The lowest BCUT2D eigenvalue weighted by molar-refractivity contribution is -0.135. The molecule has 1 aliphatic carbocycles. The second kappa shape index (κ2) is 5.71. The Morgan fingerprint density at radius 1 is 1.30 bits per heavy atom. The van der Waals surface area contributed by atoms with Crippen molar-refractivity contribution < 1.29 is 18.0 Å². The smallest absolute Gasteiger partial charge is 0.245 e. The highest BCUT2D eigenvalue weighted by molar-refractivity contribution is 7.90. The van der Waals surface area contributed by atoms with Gasteiger partial charge in [0, 0.05) is 25.3 Å². The Kier molecular flexibility index (Phi) is 4.36. The van der Waals surface area contributed by atoms with Crippen molar-refractivity contribution in [3.05, 3.63) is 0 Å². The van der Waals surface area contributed by atoms with Gasteiger partial charge in [-0.25, -0.2) is 8.42 Å². The Bertz CT molecular complexity index is 499. The van der Waals surface area contributed by atoms with E-state index in [2.05, 4.69) is 5.32 Å². The van der Waals surface area contributed by atoms with Gasteiger partial charge in [0.25, 0.3) is 0 Å². The summed E-state index contributed by atoms with van der Waals surface area (Å²) in [6, 6.07) is -0.587. The zero-order valence-electron chi connectivity index (χ0n) is 12.0. The van der Waals surface area contributed by atoms with Gasteiger partial charge >= 0.3 is 0 Å². The minimum absolute atomic E-state index is 0.0562. The predicted molar refractivity (Wildman–Crippen MR) is 74.8 cm³/mol. The quantitative estimate of drug-likeness (QED) is 0.771. The minimum Gasteiger partial charge on any atom is -0.344 e. The zero-order valence-corrected chi connectivity index (χ0v) is 12.8. The number of nitrogens with one attached hydrogen (secondary N) is 1. The van der Waals surface area contributed by atoms with Crippen molar-refractivity contribution in [3.8, 4) is 0 Å². The van der Waals surface area contributed by atoms with Crippen molar-refractivity contribution in [2.45, 2.75) is 44.7 Å². The van der Waals surface area contributed by atoms with Crippen molar-refractivity contribution in [1.82, 2.24) is 10.2 Å². The van der Waals surface area contributed by atoms with Crippen LogP contribution in [0, 0.1) is 5.92 Å². The third-order valence-electron chi connectivity index (χ3n) is 3.89. The van der Waals surface area contributed by atoms with E-state index in [-0.39, 0.29) is 35.9 Å². The Hall–Kier alpha value is -1.11. The molecule has 0 aromatic rings. The molecule has 7 heteroatoms. The topological polar surface area (TPSA) is 83.6 Å². The summed E-state index contributed by atoms with van der Waals surface area (Å²) in [5.41, 5.74) is 0. The maximum Gasteiger partial charge on any atom is 0.245 e. The first-order valence-electron chi connectivity index (χ1n) is 7.05. The van der Waals surface area contributed by atoms with Gasteiger partial charge in [0.2, 0.25) is 11.8 Å². The molecule has 1 saturated carbocycles. The average molecular weight is 302 g/mol. The number of carbonyl (C=O) groups excluding carboxylic acids is 2. The average Bonchev–Trinajstić information content (AvgIpc) is 3.12. The Labute approximate surface area is 119 Å². The standard InChI is InChI=1S/C13H22N2O4S/c1-9-8-11(16)14-12(10-4-5-10)13(17)15(9)6-3-7-20(2,18)19/h9-10,12H,3-8H2,1-2H3,(H,14,16). The lowest BCUT2D eigenvalue weighted by Gasteiger charge is -2.28. The van der Waals surface area contributed by atoms with Crippen LogP contribution < -0.4 is 5.32 Å². The summed E-state index contributed by atoms with van der Waals surface area (Å²) >= 11 is 0. The Morgan fingerprint density at radius 3 is 2.50 bits per heavy atom. The lowest BCUT2D eigenvalue weighted by atomic mass is 10.1. The van der Waals surface area contributed by atoms with E-state index >= 15 is 0 Å². The SMILES string of the molecule is CC1CC(=O)NC(C2CC2)C(=O)N1CCCS(C)(=O)=O. The summed E-state index contributed by atoms with van der Waals surface area (Å²) < 4.78 is 22.3. The van der Waals surface area contributed by atoms with Crippen LogP contribution in [0.25, 0.3) is 0 Å². The first-order chi connectivity index (χ1) is 9.28. The molecule has 6 nitrogen and oxygen atoms in total. The molecule has 1 saturated heterocycles. The van der Waals surface area contributed by atoms with Crippen LogP contribution in [0.5, 0.6) is 0 Å². The number of carbonyl (C=O) groups is 2. The summed E-state index contributed by atoms with van der Waals surface area (Å²) in [5.74, 6) is 0.181.